The number of hydrogen-bond acceptors (Lipinski definition) is 4. The number of carbonyl (C=O) groups is 1. The van der Waals surface area contributed by atoms with Crippen molar-refractivity contribution in [3.8, 4) is 5.75 Å². The highest BCUT2D eigenvalue weighted by molar-refractivity contribution is 5.84. The molecule has 0 aliphatic heterocycles. The summed E-state index contributed by atoms with van der Waals surface area (Å²) in [7, 11) is 1.61. The predicted octanol–water partition coefficient (Wildman–Crippen LogP) is 2.77. The van der Waals surface area contributed by atoms with Gasteiger partial charge in [-0.3, -0.25) is 0 Å². The Labute approximate surface area is 126 Å². The number of ether oxygens (including phenoxy) is 2. The standard InChI is InChI=1S/C17H25NO3/c1-4-6-12-7-10-15(20-3)14(11-12)17(18,13-8-9-13)16(19)21-5-2/h7,10-11,13H,4-6,8-9,18H2,1-3H3. The first-order chi connectivity index (χ1) is 10.1. The zero-order valence-electron chi connectivity index (χ0n) is 13.1. The molecule has 1 aliphatic carbocycles. The summed E-state index contributed by atoms with van der Waals surface area (Å²) in [4.78, 5) is 12.5. The Balaban J connectivity index is 2.47. The zero-order valence-corrected chi connectivity index (χ0v) is 13.1. The van der Waals surface area contributed by atoms with E-state index in [1.165, 1.54) is 5.56 Å². The van der Waals surface area contributed by atoms with Crippen molar-refractivity contribution in [3.05, 3.63) is 29.3 Å². The summed E-state index contributed by atoms with van der Waals surface area (Å²) in [6.45, 7) is 4.27. The van der Waals surface area contributed by atoms with Crippen LogP contribution >= 0.6 is 0 Å². The Hall–Kier alpha value is -1.55. The van der Waals surface area contributed by atoms with Gasteiger partial charge in [-0.05, 0) is 49.8 Å². The van der Waals surface area contributed by atoms with Crippen LogP contribution in [0.4, 0.5) is 0 Å². The van der Waals surface area contributed by atoms with Gasteiger partial charge in [0.25, 0.3) is 0 Å². The Morgan fingerprint density at radius 2 is 2.10 bits per heavy atom. The van der Waals surface area contributed by atoms with Crippen molar-refractivity contribution in [3.63, 3.8) is 0 Å². The number of hydrogen-bond donors (Lipinski definition) is 1. The molecule has 1 aromatic carbocycles. The highest BCUT2D eigenvalue weighted by Crippen LogP contribution is 2.47. The average molecular weight is 291 g/mol. The first kappa shape index (κ1) is 15.8. The molecule has 0 saturated heterocycles. The number of methoxy groups -OCH3 is 1. The fourth-order valence-electron chi connectivity index (χ4n) is 2.81. The van der Waals surface area contributed by atoms with E-state index in [0.29, 0.717) is 12.4 Å². The maximum Gasteiger partial charge on any atom is 0.331 e. The fraction of sp³-hybridized carbons (Fsp3) is 0.588. The minimum Gasteiger partial charge on any atom is -0.496 e. The molecule has 21 heavy (non-hydrogen) atoms. The van der Waals surface area contributed by atoms with Crippen molar-refractivity contribution in [2.45, 2.75) is 45.1 Å². The van der Waals surface area contributed by atoms with Crippen molar-refractivity contribution in [1.29, 1.82) is 0 Å². The van der Waals surface area contributed by atoms with Gasteiger partial charge in [-0.25, -0.2) is 4.79 Å². The number of carbonyl (C=O) groups excluding carboxylic acids is 1. The van der Waals surface area contributed by atoms with Crippen LogP contribution in [-0.4, -0.2) is 19.7 Å². The van der Waals surface area contributed by atoms with Gasteiger partial charge in [0, 0.05) is 5.56 Å². The fourth-order valence-corrected chi connectivity index (χ4v) is 2.81. The van der Waals surface area contributed by atoms with Crippen LogP contribution in [0.25, 0.3) is 0 Å². The molecule has 2 rings (SSSR count). The molecule has 0 amide bonds. The SMILES string of the molecule is CCCc1ccc(OC)c(C(N)(C(=O)OCC)C2CC2)c1. The van der Waals surface area contributed by atoms with Gasteiger partial charge >= 0.3 is 5.97 Å². The van der Waals surface area contributed by atoms with Crippen LogP contribution in [0.3, 0.4) is 0 Å². The van der Waals surface area contributed by atoms with Crippen molar-refractivity contribution >= 4 is 5.97 Å². The molecule has 4 heteroatoms. The third-order valence-corrected chi connectivity index (χ3v) is 4.08. The number of rotatable bonds is 7. The molecule has 4 nitrogen and oxygen atoms in total. The Morgan fingerprint density at radius 1 is 1.38 bits per heavy atom. The minimum absolute atomic E-state index is 0.141. The van der Waals surface area contributed by atoms with E-state index >= 15 is 0 Å². The van der Waals surface area contributed by atoms with Crippen LogP contribution in [0.5, 0.6) is 5.75 Å². The van der Waals surface area contributed by atoms with Gasteiger partial charge in [-0.2, -0.15) is 0 Å². The topological polar surface area (TPSA) is 61.5 Å². The molecule has 2 N–H and O–H groups in total. The van der Waals surface area contributed by atoms with Gasteiger partial charge in [0.1, 0.15) is 11.3 Å². The maximum atomic E-state index is 12.5. The van der Waals surface area contributed by atoms with Gasteiger partial charge in [-0.15, -0.1) is 0 Å². The lowest BCUT2D eigenvalue weighted by Gasteiger charge is -2.29. The van der Waals surface area contributed by atoms with E-state index in [1.54, 1.807) is 14.0 Å². The summed E-state index contributed by atoms with van der Waals surface area (Å²) in [5, 5.41) is 0. The van der Waals surface area contributed by atoms with Crippen molar-refractivity contribution in [2.24, 2.45) is 11.7 Å². The summed E-state index contributed by atoms with van der Waals surface area (Å²) in [6, 6.07) is 5.95. The molecular weight excluding hydrogens is 266 g/mol. The molecule has 0 radical (unpaired) electrons. The lowest BCUT2D eigenvalue weighted by Crippen LogP contribution is -2.48. The summed E-state index contributed by atoms with van der Waals surface area (Å²) < 4.78 is 10.7. The quantitative estimate of drug-likeness (QED) is 0.785. The van der Waals surface area contributed by atoms with Crippen molar-refractivity contribution in [1.82, 2.24) is 0 Å². The van der Waals surface area contributed by atoms with Gasteiger partial charge in [-0.1, -0.05) is 19.4 Å². The van der Waals surface area contributed by atoms with E-state index in [4.69, 9.17) is 15.2 Å². The third-order valence-electron chi connectivity index (χ3n) is 4.08. The second-order valence-corrected chi connectivity index (χ2v) is 5.65. The molecule has 1 aromatic rings. The highest BCUT2D eigenvalue weighted by Gasteiger charge is 2.52. The lowest BCUT2D eigenvalue weighted by molar-refractivity contribution is -0.151. The van der Waals surface area contributed by atoms with Crippen LogP contribution in [0.1, 0.15) is 44.2 Å². The number of nitrogens with two attached hydrogens (primary N) is 1. The van der Waals surface area contributed by atoms with Crippen molar-refractivity contribution < 1.29 is 14.3 Å². The van der Waals surface area contributed by atoms with Gasteiger partial charge in [0.2, 0.25) is 0 Å². The predicted molar refractivity (Wildman–Crippen MR) is 82.2 cm³/mol. The Morgan fingerprint density at radius 3 is 2.62 bits per heavy atom. The number of esters is 1. The zero-order chi connectivity index (χ0) is 15.5. The summed E-state index contributed by atoms with van der Waals surface area (Å²) >= 11 is 0. The average Bonchev–Trinajstić information content (AvgIpc) is 3.32. The number of aryl methyl sites for hydroxylation is 1. The molecular formula is C17H25NO3. The summed E-state index contributed by atoms with van der Waals surface area (Å²) in [5.41, 5.74) is 7.38. The molecule has 116 valence electrons. The van der Waals surface area contributed by atoms with Gasteiger partial charge in [0.15, 0.2) is 0 Å². The smallest absolute Gasteiger partial charge is 0.331 e. The molecule has 1 unspecified atom stereocenters. The second kappa shape index (κ2) is 6.48. The second-order valence-electron chi connectivity index (χ2n) is 5.65. The van der Waals surface area contributed by atoms with Crippen LogP contribution < -0.4 is 10.5 Å². The third kappa shape index (κ3) is 3.05. The van der Waals surface area contributed by atoms with Gasteiger partial charge < -0.3 is 15.2 Å². The monoisotopic (exact) mass is 291 g/mol. The molecule has 0 bridgehead atoms. The van der Waals surface area contributed by atoms with Gasteiger partial charge in [0.05, 0.1) is 13.7 Å². The molecule has 1 aliphatic rings. The van der Waals surface area contributed by atoms with Crippen LogP contribution in [0.15, 0.2) is 18.2 Å². The molecule has 0 heterocycles. The van der Waals surface area contributed by atoms with Crippen LogP contribution in [0.2, 0.25) is 0 Å². The molecule has 1 fully saturated rings. The van der Waals surface area contributed by atoms with Crippen LogP contribution in [-0.2, 0) is 21.5 Å². The largest absolute Gasteiger partial charge is 0.496 e. The molecule has 0 spiro atoms. The Kier molecular flexibility index (Phi) is 4.88. The molecule has 1 atom stereocenters. The maximum absolute atomic E-state index is 12.5. The summed E-state index contributed by atoms with van der Waals surface area (Å²) in [5.74, 6) is 0.457. The molecule has 1 saturated carbocycles. The van der Waals surface area contributed by atoms with E-state index in [2.05, 4.69) is 6.92 Å². The van der Waals surface area contributed by atoms with E-state index in [9.17, 15) is 4.79 Å². The van der Waals surface area contributed by atoms with E-state index in [1.807, 2.05) is 18.2 Å². The van der Waals surface area contributed by atoms with E-state index in [-0.39, 0.29) is 11.9 Å². The minimum atomic E-state index is -1.09. The van der Waals surface area contributed by atoms with E-state index in [0.717, 1.165) is 31.2 Å². The lowest BCUT2D eigenvalue weighted by atomic mass is 9.84. The first-order valence-electron chi connectivity index (χ1n) is 7.71. The van der Waals surface area contributed by atoms with Crippen molar-refractivity contribution in [2.75, 3.05) is 13.7 Å². The Bertz CT molecular complexity index is 511. The van der Waals surface area contributed by atoms with Crippen LogP contribution in [0, 0.1) is 5.92 Å². The number of benzene rings is 1. The summed E-state index contributed by atoms with van der Waals surface area (Å²) in [6.07, 6.45) is 3.92. The normalized spacial score (nSPS) is 17.1. The highest BCUT2D eigenvalue weighted by atomic mass is 16.5. The first-order valence-corrected chi connectivity index (χ1v) is 7.71. The van der Waals surface area contributed by atoms with E-state index < -0.39 is 5.54 Å². The molecule has 0 aromatic heterocycles.